The number of aromatic nitrogens is 3. The van der Waals surface area contributed by atoms with Crippen molar-refractivity contribution in [3.63, 3.8) is 0 Å². The molecule has 6 nitrogen and oxygen atoms in total. The molecule has 1 N–H and O–H groups in total. The highest BCUT2D eigenvalue weighted by Crippen LogP contribution is 2.30. The molecule has 0 aliphatic carbocycles. The van der Waals surface area contributed by atoms with E-state index in [0.717, 1.165) is 17.0 Å². The molecule has 0 atom stereocenters. The summed E-state index contributed by atoms with van der Waals surface area (Å²) < 4.78 is 4.75. The standard InChI is InChI=1S/C13H9Cl3N4O2S/c1-22-8-4-2-3-7(5-8)9-6-23-12-18-11(19-20(9)12)17-10(21)13(14,15)16/h2-6H,1H3,(H,17,19,21). The molecule has 0 saturated heterocycles. The van der Waals surface area contributed by atoms with Crippen molar-refractivity contribution in [1.82, 2.24) is 14.6 Å². The third-order valence-electron chi connectivity index (χ3n) is 2.93. The molecule has 120 valence electrons. The van der Waals surface area contributed by atoms with Gasteiger partial charge in [-0.3, -0.25) is 10.1 Å². The molecule has 3 aromatic rings. The zero-order valence-corrected chi connectivity index (χ0v) is 14.7. The molecule has 0 radical (unpaired) electrons. The molecular formula is C13H9Cl3N4O2S. The average Bonchev–Trinajstić information content (AvgIpc) is 3.06. The summed E-state index contributed by atoms with van der Waals surface area (Å²) >= 11 is 17.9. The summed E-state index contributed by atoms with van der Waals surface area (Å²) in [6, 6.07) is 7.52. The molecule has 0 aliphatic rings. The number of halogens is 3. The molecule has 10 heteroatoms. The fraction of sp³-hybridized carbons (Fsp3) is 0.154. The van der Waals surface area contributed by atoms with Crippen molar-refractivity contribution in [3.05, 3.63) is 29.6 Å². The van der Waals surface area contributed by atoms with E-state index in [1.165, 1.54) is 11.3 Å². The van der Waals surface area contributed by atoms with E-state index >= 15 is 0 Å². The van der Waals surface area contributed by atoms with E-state index in [9.17, 15) is 4.79 Å². The third-order valence-corrected chi connectivity index (χ3v) is 4.26. The summed E-state index contributed by atoms with van der Waals surface area (Å²) in [6.07, 6.45) is 0. The van der Waals surface area contributed by atoms with Crippen molar-refractivity contribution >= 4 is 63.0 Å². The van der Waals surface area contributed by atoms with Crippen LogP contribution in [0.2, 0.25) is 0 Å². The Morgan fingerprint density at radius 2 is 2.17 bits per heavy atom. The van der Waals surface area contributed by atoms with E-state index < -0.39 is 9.70 Å². The Hall–Kier alpha value is -1.54. The predicted molar refractivity (Wildman–Crippen MR) is 91.8 cm³/mol. The van der Waals surface area contributed by atoms with Gasteiger partial charge in [-0.25, -0.2) is 4.52 Å². The van der Waals surface area contributed by atoms with Crippen molar-refractivity contribution in [2.24, 2.45) is 0 Å². The van der Waals surface area contributed by atoms with E-state index in [2.05, 4.69) is 15.4 Å². The number of amides is 1. The number of methoxy groups -OCH3 is 1. The molecule has 0 unspecified atom stereocenters. The highest BCUT2D eigenvalue weighted by molar-refractivity contribution is 7.15. The summed E-state index contributed by atoms with van der Waals surface area (Å²) in [6.45, 7) is 0. The van der Waals surface area contributed by atoms with Crippen LogP contribution in [0.1, 0.15) is 0 Å². The largest absolute Gasteiger partial charge is 0.497 e. The number of alkyl halides is 3. The molecule has 1 amide bonds. The van der Waals surface area contributed by atoms with Gasteiger partial charge in [0.25, 0.3) is 15.6 Å². The number of carbonyl (C=O) groups excluding carboxylic acids is 1. The van der Waals surface area contributed by atoms with Crippen LogP contribution in [-0.2, 0) is 4.79 Å². The Labute approximate surface area is 149 Å². The lowest BCUT2D eigenvalue weighted by atomic mass is 10.2. The molecule has 3 rings (SSSR count). The van der Waals surface area contributed by atoms with Gasteiger partial charge in [-0.15, -0.1) is 16.4 Å². The second kappa shape index (κ2) is 6.16. The van der Waals surface area contributed by atoms with Gasteiger partial charge in [0.2, 0.25) is 4.96 Å². The van der Waals surface area contributed by atoms with Crippen LogP contribution in [0.25, 0.3) is 16.2 Å². The molecule has 2 heterocycles. The lowest BCUT2D eigenvalue weighted by Gasteiger charge is -2.08. The summed E-state index contributed by atoms with van der Waals surface area (Å²) in [5.41, 5.74) is 1.71. The fourth-order valence-electron chi connectivity index (χ4n) is 1.89. The molecule has 1 aromatic carbocycles. The number of hydrogen-bond acceptors (Lipinski definition) is 5. The number of fused-ring (bicyclic) bond motifs is 1. The predicted octanol–water partition coefficient (Wildman–Crippen LogP) is 3.78. The topological polar surface area (TPSA) is 68.5 Å². The first kappa shape index (κ1) is 16.3. The number of anilines is 1. The van der Waals surface area contributed by atoms with Crippen LogP contribution < -0.4 is 10.1 Å². The highest BCUT2D eigenvalue weighted by Gasteiger charge is 2.31. The number of rotatable bonds is 3. The van der Waals surface area contributed by atoms with E-state index in [1.54, 1.807) is 11.6 Å². The Morgan fingerprint density at radius 3 is 2.87 bits per heavy atom. The monoisotopic (exact) mass is 390 g/mol. The minimum absolute atomic E-state index is 0.0670. The van der Waals surface area contributed by atoms with Gasteiger partial charge in [-0.05, 0) is 12.1 Å². The minimum Gasteiger partial charge on any atom is -0.497 e. The van der Waals surface area contributed by atoms with Crippen LogP contribution in [0.3, 0.4) is 0 Å². The Balaban J connectivity index is 1.96. The number of hydrogen-bond donors (Lipinski definition) is 1. The second-order valence-electron chi connectivity index (χ2n) is 4.43. The molecule has 2 aromatic heterocycles. The first-order valence-electron chi connectivity index (χ1n) is 6.25. The van der Waals surface area contributed by atoms with Crippen molar-refractivity contribution in [2.75, 3.05) is 12.4 Å². The fourth-order valence-corrected chi connectivity index (χ4v) is 2.86. The molecule has 0 bridgehead atoms. The van der Waals surface area contributed by atoms with E-state index in [-0.39, 0.29) is 5.95 Å². The van der Waals surface area contributed by atoms with Crippen LogP contribution in [0.15, 0.2) is 29.6 Å². The lowest BCUT2D eigenvalue weighted by Crippen LogP contribution is -2.27. The average molecular weight is 392 g/mol. The van der Waals surface area contributed by atoms with Gasteiger partial charge in [-0.2, -0.15) is 4.98 Å². The van der Waals surface area contributed by atoms with Gasteiger partial charge in [0.15, 0.2) is 0 Å². The minimum atomic E-state index is -2.08. The molecule has 23 heavy (non-hydrogen) atoms. The molecule has 0 fully saturated rings. The van der Waals surface area contributed by atoms with Crippen LogP contribution in [0, 0.1) is 0 Å². The highest BCUT2D eigenvalue weighted by atomic mass is 35.6. The van der Waals surface area contributed by atoms with Crippen LogP contribution in [0.4, 0.5) is 5.95 Å². The summed E-state index contributed by atoms with van der Waals surface area (Å²) in [7, 11) is 1.60. The van der Waals surface area contributed by atoms with Crippen molar-refractivity contribution in [2.45, 2.75) is 3.79 Å². The maximum absolute atomic E-state index is 11.7. The molecule has 0 aliphatic heterocycles. The Kier molecular flexibility index (Phi) is 4.37. The quantitative estimate of drug-likeness (QED) is 0.690. The van der Waals surface area contributed by atoms with Crippen LogP contribution in [0.5, 0.6) is 5.75 Å². The number of benzene rings is 1. The summed E-state index contributed by atoms with van der Waals surface area (Å²) in [4.78, 5) is 16.4. The van der Waals surface area contributed by atoms with E-state index in [1.807, 2.05) is 29.6 Å². The van der Waals surface area contributed by atoms with Gasteiger partial charge in [0.05, 0.1) is 12.8 Å². The zero-order chi connectivity index (χ0) is 16.6. The van der Waals surface area contributed by atoms with Gasteiger partial charge in [0, 0.05) is 10.9 Å². The molecular weight excluding hydrogens is 383 g/mol. The first-order chi connectivity index (χ1) is 10.9. The van der Waals surface area contributed by atoms with Crippen molar-refractivity contribution < 1.29 is 9.53 Å². The lowest BCUT2D eigenvalue weighted by molar-refractivity contribution is -0.115. The first-order valence-corrected chi connectivity index (χ1v) is 8.26. The van der Waals surface area contributed by atoms with Gasteiger partial charge < -0.3 is 4.74 Å². The van der Waals surface area contributed by atoms with Crippen LogP contribution in [-0.4, -0.2) is 31.4 Å². The Bertz CT molecular complexity index is 872. The smallest absolute Gasteiger partial charge is 0.278 e. The SMILES string of the molecule is COc1cccc(-c2csc3nc(NC(=O)C(Cl)(Cl)Cl)nn23)c1. The Morgan fingerprint density at radius 1 is 1.39 bits per heavy atom. The number of carbonyl (C=O) groups is 1. The summed E-state index contributed by atoms with van der Waals surface area (Å²) in [5, 5.41) is 8.50. The number of nitrogens with zero attached hydrogens (tertiary/aromatic N) is 3. The normalized spacial score (nSPS) is 11.7. The van der Waals surface area contributed by atoms with Gasteiger partial charge >= 0.3 is 0 Å². The van der Waals surface area contributed by atoms with E-state index in [4.69, 9.17) is 39.5 Å². The molecule has 0 saturated carbocycles. The molecule has 0 spiro atoms. The maximum Gasteiger partial charge on any atom is 0.278 e. The number of ether oxygens (including phenoxy) is 1. The zero-order valence-electron chi connectivity index (χ0n) is 11.6. The summed E-state index contributed by atoms with van der Waals surface area (Å²) in [5.74, 6) is -0.0206. The number of thiazole rings is 1. The van der Waals surface area contributed by atoms with Crippen molar-refractivity contribution in [3.8, 4) is 17.0 Å². The van der Waals surface area contributed by atoms with Crippen LogP contribution >= 0.6 is 46.1 Å². The van der Waals surface area contributed by atoms with Gasteiger partial charge in [0.1, 0.15) is 5.75 Å². The number of nitrogens with one attached hydrogen (secondary N) is 1. The second-order valence-corrected chi connectivity index (χ2v) is 7.55. The van der Waals surface area contributed by atoms with Crippen molar-refractivity contribution in [1.29, 1.82) is 0 Å². The maximum atomic E-state index is 11.7. The van der Waals surface area contributed by atoms with Gasteiger partial charge in [-0.1, -0.05) is 46.9 Å². The third kappa shape index (κ3) is 3.37. The van der Waals surface area contributed by atoms with E-state index in [0.29, 0.717) is 4.96 Å².